The summed E-state index contributed by atoms with van der Waals surface area (Å²) in [5.74, 6) is -1.78. The highest BCUT2D eigenvalue weighted by atomic mass is 19.4. The fraction of sp³-hybridized carbons (Fsp3) is 0.255. The van der Waals surface area contributed by atoms with E-state index in [1.807, 2.05) is 91.0 Å². The number of anilines is 1. The van der Waals surface area contributed by atoms with Crippen LogP contribution in [0.4, 0.5) is 28.0 Å². The van der Waals surface area contributed by atoms with Gasteiger partial charge in [-0.2, -0.15) is 18.4 Å². The third-order valence-corrected chi connectivity index (χ3v) is 11.0. The summed E-state index contributed by atoms with van der Waals surface area (Å²) < 4.78 is 58.1. The molecule has 0 unspecified atom stereocenters. The number of halogens is 4. The lowest BCUT2D eigenvalue weighted by atomic mass is 9.80. The summed E-state index contributed by atoms with van der Waals surface area (Å²) in [6, 6.07) is 34.5. The second-order valence-corrected chi connectivity index (χ2v) is 15.5. The van der Waals surface area contributed by atoms with Crippen LogP contribution < -0.4 is 10.4 Å². The van der Waals surface area contributed by atoms with Crippen LogP contribution in [0.5, 0.6) is 0 Å². The number of carbonyl (C=O) groups is 3. The molecule has 7 rings (SSSR count). The molecular weight excluding hydrogens is 817 g/mol. The minimum atomic E-state index is -4.96. The molecule has 1 fully saturated rings. The lowest BCUT2D eigenvalue weighted by Crippen LogP contribution is -2.43. The molecule has 4 aromatic carbocycles. The van der Waals surface area contributed by atoms with Crippen molar-refractivity contribution in [2.75, 3.05) is 4.90 Å². The van der Waals surface area contributed by atoms with Crippen molar-refractivity contribution < 1.29 is 36.8 Å². The van der Waals surface area contributed by atoms with Gasteiger partial charge in [-0.3, -0.25) is 19.1 Å². The first-order valence-electron chi connectivity index (χ1n) is 20.2. The molecule has 1 N–H and O–H groups in total. The van der Waals surface area contributed by atoms with Crippen LogP contribution in [0.15, 0.2) is 128 Å². The highest BCUT2D eigenvalue weighted by Gasteiger charge is 2.52. The number of amides is 4. The first-order chi connectivity index (χ1) is 30.2. The molecule has 12 nitrogen and oxygen atoms in total. The molecule has 3 heterocycles. The number of imide groups is 1. The average Bonchev–Trinajstić information content (AvgIpc) is 3.82. The Morgan fingerprint density at radius 3 is 2.02 bits per heavy atom. The van der Waals surface area contributed by atoms with Gasteiger partial charge in [0.25, 0.3) is 5.91 Å². The predicted octanol–water partition coefficient (Wildman–Crippen LogP) is 9.11. The Kier molecular flexibility index (Phi) is 12.8. The maximum Gasteiger partial charge on any atom is 0.419 e. The highest BCUT2D eigenvalue weighted by Crippen LogP contribution is 2.40. The van der Waals surface area contributed by atoms with Crippen LogP contribution in [0.2, 0.25) is 0 Å². The molecule has 0 aliphatic carbocycles. The number of aromatic nitrogens is 4. The topological polar surface area (TPSA) is 146 Å². The summed E-state index contributed by atoms with van der Waals surface area (Å²) in [4.78, 5) is 51.6. The zero-order chi connectivity index (χ0) is 44.8. The van der Waals surface area contributed by atoms with Crippen LogP contribution in [0.1, 0.15) is 79.5 Å². The molecule has 4 amide bonds. The Labute approximate surface area is 360 Å². The smallest absolute Gasteiger partial charge is 0.305 e. The van der Waals surface area contributed by atoms with E-state index in [2.05, 4.69) is 20.8 Å². The van der Waals surface area contributed by atoms with Crippen LogP contribution in [0.3, 0.4) is 0 Å². The van der Waals surface area contributed by atoms with Crippen molar-refractivity contribution in [3.63, 3.8) is 0 Å². The van der Waals surface area contributed by atoms with E-state index in [-0.39, 0.29) is 24.4 Å². The summed E-state index contributed by atoms with van der Waals surface area (Å²) >= 11 is 0. The molecule has 0 radical (unpaired) electrons. The quantitative estimate of drug-likeness (QED) is 0.0334. The Balaban J connectivity index is 0.911. The number of nitriles is 1. The summed E-state index contributed by atoms with van der Waals surface area (Å²) in [5.41, 5.74) is 0.818. The first-order valence-corrected chi connectivity index (χ1v) is 20.2. The zero-order valence-corrected chi connectivity index (χ0v) is 34.3. The molecule has 0 saturated carbocycles. The maximum absolute atomic E-state index is 15.6. The molecular formula is C47H42F4N8O4. The number of hydrogen-bond donors (Lipinski definition) is 1. The normalized spacial score (nSPS) is 13.9. The first kappa shape index (κ1) is 43.8. The van der Waals surface area contributed by atoms with Gasteiger partial charge in [0.15, 0.2) is 11.3 Å². The average molecular weight is 859 g/mol. The number of alkyl halides is 3. The van der Waals surface area contributed by atoms with E-state index in [1.54, 1.807) is 16.9 Å². The Bertz CT molecular complexity index is 2540. The molecule has 0 spiro atoms. The summed E-state index contributed by atoms with van der Waals surface area (Å²) in [7, 11) is 0. The van der Waals surface area contributed by atoms with Crippen molar-refractivity contribution in [1.29, 1.82) is 5.26 Å². The van der Waals surface area contributed by atoms with E-state index in [9.17, 15) is 27.6 Å². The van der Waals surface area contributed by atoms with Gasteiger partial charge in [-0.05, 0) is 55.5 Å². The fourth-order valence-electron chi connectivity index (χ4n) is 7.55. The third-order valence-electron chi connectivity index (χ3n) is 11.0. The Morgan fingerprint density at radius 1 is 0.841 bits per heavy atom. The minimum absolute atomic E-state index is 0.0549. The largest absolute Gasteiger partial charge is 0.419 e. The van der Waals surface area contributed by atoms with Crippen molar-refractivity contribution in [2.45, 2.75) is 76.4 Å². The number of nitrogens with one attached hydrogen (secondary N) is 1. The molecule has 6 aromatic rings. The van der Waals surface area contributed by atoms with Crippen molar-refractivity contribution in [1.82, 2.24) is 30.4 Å². The zero-order valence-electron chi connectivity index (χ0n) is 34.3. The molecule has 16 heteroatoms. The number of benzene rings is 4. The third kappa shape index (κ3) is 9.19. The van der Waals surface area contributed by atoms with Gasteiger partial charge < -0.3 is 4.90 Å². The number of unbranched alkanes of at least 4 members (excludes halogenated alkanes) is 3. The van der Waals surface area contributed by atoms with Gasteiger partial charge in [0.2, 0.25) is 5.91 Å². The fourth-order valence-corrected chi connectivity index (χ4v) is 7.55. The van der Waals surface area contributed by atoms with Crippen LogP contribution in [0.25, 0.3) is 11.3 Å². The van der Waals surface area contributed by atoms with Crippen LogP contribution >= 0.6 is 0 Å². The van der Waals surface area contributed by atoms with Gasteiger partial charge >= 0.3 is 12.2 Å². The minimum Gasteiger partial charge on any atom is -0.305 e. The molecule has 1 saturated heterocycles. The number of hydrogen-bond acceptors (Lipinski definition) is 8. The number of rotatable bonds is 16. The van der Waals surface area contributed by atoms with Crippen LogP contribution in [-0.4, -0.2) is 48.3 Å². The predicted molar refractivity (Wildman–Crippen MR) is 223 cm³/mol. The van der Waals surface area contributed by atoms with Gasteiger partial charge in [0.05, 0.1) is 30.2 Å². The van der Waals surface area contributed by atoms with Gasteiger partial charge in [-0.25, -0.2) is 24.5 Å². The van der Waals surface area contributed by atoms with Gasteiger partial charge in [-0.1, -0.05) is 121 Å². The lowest BCUT2D eigenvalue weighted by Gasteiger charge is -2.35. The molecule has 2 aromatic heterocycles. The Morgan fingerprint density at radius 2 is 1.44 bits per heavy atom. The molecule has 1 aliphatic rings. The molecule has 0 bridgehead atoms. The lowest BCUT2D eigenvalue weighted by molar-refractivity contribution is -0.143. The standard InChI is InChI=1S/C47H42F4N8O4/c1-45(2)43(61)59(37-27-38(47(49,50)51)40(28-52)53-29-37)44(62)58(45)30-33-24-23-32(26-39(33)48)41-31-57(56-54-41)25-15-4-3-14-22-42(60)55-63-46(34-16-8-5-9-17-34,35-18-10-6-11-19-35)36-20-12-7-13-21-36/h5-13,16-21,23-24,26-27,29,31H,3-4,14-15,22,25,30H2,1-2H3,(H,55,60). The summed E-state index contributed by atoms with van der Waals surface area (Å²) in [6.45, 7) is 2.97. The summed E-state index contributed by atoms with van der Waals surface area (Å²) in [5, 5.41) is 17.5. The van der Waals surface area contributed by atoms with Gasteiger partial charge in [0, 0.05) is 24.1 Å². The van der Waals surface area contributed by atoms with E-state index in [1.165, 1.54) is 32.0 Å². The van der Waals surface area contributed by atoms with Crippen LogP contribution in [-0.2, 0) is 39.3 Å². The molecule has 0 atom stereocenters. The number of aryl methyl sites for hydroxylation is 1. The second kappa shape index (κ2) is 18.4. The number of urea groups is 1. The van der Waals surface area contributed by atoms with E-state index < -0.39 is 52.0 Å². The number of hydroxylamine groups is 1. The van der Waals surface area contributed by atoms with Crippen molar-refractivity contribution in [3.05, 3.63) is 167 Å². The van der Waals surface area contributed by atoms with Crippen LogP contribution in [0, 0.1) is 17.1 Å². The van der Waals surface area contributed by atoms with Gasteiger partial charge in [-0.15, -0.1) is 5.10 Å². The molecule has 1 aliphatic heterocycles. The number of pyridine rings is 1. The Hall–Kier alpha value is -7.25. The number of carbonyl (C=O) groups excluding carboxylic acids is 3. The number of nitrogens with zero attached hydrogens (tertiary/aromatic N) is 7. The summed E-state index contributed by atoms with van der Waals surface area (Å²) in [6.07, 6.45) is 0.803. The van der Waals surface area contributed by atoms with E-state index in [4.69, 9.17) is 10.1 Å². The molecule has 63 heavy (non-hydrogen) atoms. The van der Waals surface area contributed by atoms with Gasteiger partial charge in [0.1, 0.15) is 23.1 Å². The monoisotopic (exact) mass is 858 g/mol. The van der Waals surface area contributed by atoms with Crippen molar-refractivity contribution in [3.8, 4) is 17.3 Å². The highest BCUT2D eigenvalue weighted by molar-refractivity contribution is 6.22. The van der Waals surface area contributed by atoms with Crippen molar-refractivity contribution in [2.24, 2.45) is 0 Å². The van der Waals surface area contributed by atoms with Crippen molar-refractivity contribution >= 4 is 23.5 Å². The molecule has 322 valence electrons. The maximum atomic E-state index is 15.6. The second-order valence-electron chi connectivity index (χ2n) is 15.5. The van der Waals surface area contributed by atoms with E-state index in [0.717, 1.165) is 47.0 Å². The van der Waals surface area contributed by atoms with E-state index >= 15 is 4.39 Å². The SMILES string of the molecule is CC1(C)C(=O)N(c2cnc(C#N)c(C(F)(F)F)c2)C(=O)N1Cc1ccc(-c2cn(CCCCCCC(=O)NOC(c3ccccc3)(c3ccccc3)c3ccccc3)nn2)cc1F. The van der Waals surface area contributed by atoms with E-state index in [0.29, 0.717) is 35.2 Å².